The second kappa shape index (κ2) is 8.36. The molecule has 0 radical (unpaired) electrons. The molecule has 1 saturated heterocycles. The zero-order valence-corrected chi connectivity index (χ0v) is 13.3. The summed E-state index contributed by atoms with van der Waals surface area (Å²) in [5.74, 6) is 0.701. The molecule has 6 heteroatoms. The van der Waals surface area contributed by atoms with E-state index in [1.54, 1.807) is 13.2 Å². The largest absolute Gasteiger partial charge is 0.496 e. The molecule has 0 aliphatic carbocycles. The number of amides is 1. The Morgan fingerprint density at radius 3 is 3.14 bits per heavy atom. The van der Waals surface area contributed by atoms with Gasteiger partial charge in [-0.2, -0.15) is 0 Å². The SMILES string of the molecule is COc1csc(C(=O)NCCCCN2CCCC2CO)c1. The van der Waals surface area contributed by atoms with Crippen LogP contribution in [0.4, 0.5) is 0 Å². The van der Waals surface area contributed by atoms with Crippen molar-refractivity contribution in [1.82, 2.24) is 10.2 Å². The molecule has 1 aliphatic rings. The van der Waals surface area contributed by atoms with Crippen LogP contribution in [-0.2, 0) is 0 Å². The highest BCUT2D eigenvalue weighted by molar-refractivity contribution is 7.12. The Morgan fingerprint density at radius 2 is 2.43 bits per heavy atom. The Labute approximate surface area is 129 Å². The Hall–Kier alpha value is -1.11. The number of rotatable bonds is 8. The number of methoxy groups -OCH3 is 1. The molecule has 21 heavy (non-hydrogen) atoms. The van der Waals surface area contributed by atoms with Crippen molar-refractivity contribution in [3.63, 3.8) is 0 Å². The number of ether oxygens (including phenoxy) is 1. The molecule has 1 atom stereocenters. The fraction of sp³-hybridized carbons (Fsp3) is 0.667. The van der Waals surface area contributed by atoms with E-state index in [4.69, 9.17) is 4.74 Å². The lowest BCUT2D eigenvalue weighted by molar-refractivity contribution is 0.0956. The Morgan fingerprint density at radius 1 is 1.57 bits per heavy atom. The minimum Gasteiger partial charge on any atom is -0.496 e. The van der Waals surface area contributed by atoms with Crippen molar-refractivity contribution in [3.05, 3.63) is 16.3 Å². The molecule has 0 aromatic carbocycles. The van der Waals surface area contributed by atoms with Gasteiger partial charge in [-0.15, -0.1) is 11.3 Å². The maximum atomic E-state index is 11.9. The van der Waals surface area contributed by atoms with Crippen molar-refractivity contribution in [2.24, 2.45) is 0 Å². The van der Waals surface area contributed by atoms with E-state index in [1.807, 2.05) is 5.38 Å². The molecular weight excluding hydrogens is 288 g/mol. The Balaban J connectivity index is 1.60. The van der Waals surface area contributed by atoms with Gasteiger partial charge >= 0.3 is 0 Å². The number of hydrogen-bond acceptors (Lipinski definition) is 5. The van der Waals surface area contributed by atoms with Crippen molar-refractivity contribution in [2.75, 3.05) is 33.4 Å². The summed E-state index contributed by atoms with van der Waals surface area (Å²) >= 11 is 1.40. The van der Waals surface area contributed by atoms with Crippen LogP contribution in [0, 0.1) is 0 Å². The van der Waals surface area contributed by atoms with E-state index in [0.29, 0.717) is 17.5 Å². The number of aliphatic hydroxyl groups excluding tert-OH is 1. The second-order valence-electron chi connectivity index (χ2n) is 5.33. The van der Waals surface area contributed by atoms with Gasteiger partial charge < -0.3 is 15.2 Å². The summed E-state index contributed by atoms with van der Waals surface area (Å²) in [5, 5.41) is 14.0. The van der Waals surface area contributed by atoms with Gasteiger partial charge in [-0.3, -0.25) is 9.69 Å². The predicted octanol–water partition coefficient (Wildman–Crippen LogP) is 1.72. The predicted molar refractivity (Wildman–Crippen MR) is 84.1 cm³/mol. The van der Waals surface area contributed by atoms with E-state index in [1.165, 1.54) is 17.8 Å². The lowest BCUT2D eigenvalue weighted by atomic mass is 10.2. The van der Waals surface area contributed by atoms with E-state index in [2.05, 4.69) is 10.2 Å². The molecule has 1 unspecified atom stereocenters. The number of thiophene rings is 1. The van der Waals surface area contributed by atoms with E-state index < -0.39 is 0 Å². The zero-order valence-electron chi connectivity index (χ0n) is 12.5. The van der Waals surface area contributed by atoms with Crippen LogP contribution >= 0.6 is 11.3 Å². The maximum Gasteiger partial charge on any atom is 0.261 e. The molecule has 0 bridgehead atoms. The third-order valence-corrected chi connectivity index (χ3v) is 4.81. The highest BCUT2D eigenvalue weighted by Crippen LogP contribution is 2.21. The summed E-state index contributed by atoms with van der Waals surface area (Å²) in [4.78, 5) is 14.9. The summed E-state index contributed by atoms with van der Waals surface area (Å²) < 4.78 is 5.07. The smallest absolute Gasteiger partial charge is 0.261 e. The molecule has 1 amide bonds. The first-order valence-electron chi connectivity index (χ1n) is 7.50. The second-order valence-corrected chi connectivity index (χ2v) is 6.24. The lowest BCUT2D eigenvalue weighted by Crippen LogP contribution is -2.33. The van der Waals surface area contributed by atoms with Crippen LogP contribution in [0.15, 0.2) is 11.4 Å². The Bertz CT molecular complexity index is 450. The summed E-state index contributed by atoms with van der Waals surface area (Å²) in [6.45, 7) is 3.05. The number of nitrogens with one attached hydrogen (secondary N) is 1. The van der Waals surface area contributed by atoms with Crippen molar-refractivity contribution in [1.29, 1.82) is 0 Å². The van der Waals surface area contributed by atoms with Gasteiger partial charge in [-0.1, -0.05) is 0 Å². The molecule has 5 nitrogen and oxygen atoms in total. The standard InChI is InChI=1S/C15H24N2O3S/c1-20-13-9-14(21-11-13)15(19)16-6-2-3-7-17-8-4-5-12(17)10-18/h9,11-12,18H,2-8,10H2,1H3,(H,16,19). The molecule has 1 aliphatic heterocycles. The van der Waals surface area contributed by atoms with Crippen molar-refractivity contribution in [2.45, 2.75) is 31.7 Å². The van der Waals surface area contributed by atoms with Crippen LogP contribution in [0.1, 0.15) is 35.4 Å². The first kappa shape index (κ1) is 16.3. The molecule has 1 fully saturated rings. The van der Waals surface area contributed by atoms with Gasteiger partial charge in [0.1, 0.15) is 5.75 Å². The third kappa shape index (κ3) is 4.69. The maximum absolute atomic E-state index is 11.9. The zero-order chi connectivity index (χ0) is 15.1. The summed E-state index contributed by atoms with van der Waals surface area (Å²) in [6, 6.07) is 2.11. The third-order valence-electron chi connectivity index (χ3n) is 3.90. The number of carbonyl (C=O) groups excluding carboxylic acids is 1. The van der Waals surface area contributed by atoms with Crippen molar-refractivity contribution < 1.29 is 14.6 Å². The average molecular weight is 312 g/mol. The first-order chi connectivity index (χ1) is 10.2. The average Bonchev–Trinajstić information content (AvgIpc) is 3.15. The Kier molecular flexibility index (Phi) is 6.48. The van der Waals surface area contributed by atoms with Gasteiger partial charge in [0.2, 0.25) is 0 Å². The van der Waals surface area contributed by atoms with Crippen LogP contribution in [0.2, 0.25) is 0 Å². The van der Waals surface area contributed by atoms with Gasteiger partial charge in [-0.25, -0.2) is 0 Å². The number of likely N-dealkylation sites (tertiary alicyclic amines) is 1. The van der Waals surface area contributed by atoms with Crippen molar-refractivity contribution in [3.8, 4) is 5.75 Å². The molecule has 2 rings (SSSR count). The first-order valence-corrected chi connectivity index (χ1v) is 8.38. The van der Waals surface area contributed by atoms with Gasteiger partial charge in [0.05, 0.1) is 18.6 Å². The summed E-state index contributed by atoms with van der Waals surface area (Å²) in [6.07, 6.45) is 4.29. The number of aliphatic hydroxyl groups is 1. The van der Waals surface area contributed by atoms with Crippen LogP contribution in [-0.4, -0.2) is 55.3 Å². The quantitative estimate of drug-likeness (QED) is 0.718. The molecule has 0 saturated carbocycles. The van der Waals surface area contributed by atoms with Gasteiger partial charge in [-0.05, 0) is 38.8 Å². The van der Waals surface area contributed by atoms with E-state index in [-0.39, 0.29) is 12.5 Å². The fourth-order valence-corrected chi connectivity index (χ4v) is 3.44. The van der Waals surface area contributed by atoms with Crippen LogP contribution < -0.4 is 10.1 Å². The van der Waals surface area contributed by atoms with Crippen LogP contribution in [0.25, 0.3) is 0 Å². The molecule has 118 valence electrons. The van der Waals surface area contributed by atoms with Crippen molar-refractivity contribution >= 4 is 17.2 Å². The van der Waals surface area contributed by atoms with E-state index in [9.17, 15) is 9.90 Å². The summed E-state index contributed by atoms with van der Waals surface area (Å²) in [7, 11) is 1.60. The number of hydrogen-bond donors (Lipinski definition) is 2. The highest BCUT2D eigenvalue weighted by Gasteiger charge is 2.22. The van der Waals surface area contributed by atoms with Crippen LogP contribution in [0.5, 0.6) is 5.75 Å². The minimum absolute atomic E-state index is 0.0299. The van der Waals surface area contributed by atoms with Gasteiger partial charge in [0.15, 0.2) is 0 Å². The molecular formula is C15H24N2O3S. The number of nitrogens with zero attached hydrogens (tertiary/aromatic N) is 1. The minimum atomic E-state index is -0.0299. The molecule has 2 N–H and O–H groups in total. The molecule has 1 aromatic rings. The molecule has 2 heterocycles. The number of unbranched alkanes of at least 4 members (excludes halogenated alkanes) is 1. The van der Waals surface area contributed by atoms with Gasteiger partial charge in [0.25, 0.3) is 5.91 Å². The normalized spacial score (nSPS) is 18.9. The highest BCUT2D eigenvalue weighted by atomic mass is 32.1. The lowest BCUT2D eigenvalue weighted by Gasteiger charge is -2.22. The van der Waals surface area contributed by atoms with Crippen LogP contribution in [0.3, 0.4) is 0 Å². The molecule has 1 aromatic heterocycles. The van der Waals surface area contributed by atoms with E-state index >= 15 is 0 Å². The summed E-state index contributed by atoms with van der Waals surface area (Å²) in [5.41, 5.74) is 0. The molecule has 0 spiro atoms. The number of carbonyl (C=O) groups is 1. The fourth-order valence-electron chi connectivity index (χ4n) is 2.67. The van der Waals surface area contributed by atoms with E-state index in [0.717, 1.165) is 38.1 Å². The monoisotopic (exact) mass is 312 g/mol. The van der Waals surface area contributed by atoms with Gasteiger partial charge in [0, 0.05) is 24.0 Å². The topological polar surface area (TPSA) is 61.8 Å².